The van der Waals surface area contributed by atoms with E-state index in [-0.39, 0.29) is 0 Å². The lowest BCUT2D eigenvalue weighted by Crippen LogP contribution is -2.21. The van der Waals surface area contributed by atoms with Gasteiger partial charge in [0.1, 0.15) is 0 Å². The fraction of sp³-hybridized carbons (Fsp3) is 1.00. The van der Waals surface area contributed by atoms with Crippen molar-refractivity contribution in [1.82, 2.24) is 0 Å². The van der Waals surface area contributed by atoms with Crippen LogP contribution in [0, 0.1) is 23.7 Å². The van der Waals surface area contributed by atoms with Crippen molar-refractivity contribution in [1.29, 1.82) is 0 Å². The molecule has 2 aliphatic rings. The molecule has 0 saturated heterocycles. The summed E-state index contributed by atoms with van der Waals surface area (Å²) in [5.41, 5.74) is 0. The van der Waals surface area contributed by atoms with E-state index in [1.165, 1.54) is 19.3 Å². The van der Waals surface area contributed by atoms with Crippen molar-refractivity contribution in [2.45, 2.75) is 46.0 Å². The van der Waals surface area contributed by atoms with Gasteiger partial charge in [0.15, 0.2) is 0 Å². The standard InChI is InChI=1S/C11H20/c1-8-3-4-11(7-9(8)2)10-5-6-10/h8-11H,3-7H2,1-2H3. The van der Waals surface area contributed by atoms with Crippen LogP contribution in [0.15, 0.2) is 0 Å². The van der Waals surface area contributed by atoms with E-state index < -0.39 is 0 Å². The molecule has 0 aliphatic heterocycles. The summed E-state index contributed by atoms with van der Waals surface area (Å²) >= 11 is 0. The monoisotopic (exact) mass is 152 g/mol. The van der Waals surface area contributed by atoms with Crippen LogP contribution in [0.5, 0.6) is 0 Å². The van der Waals surface area contributed by atoms with E-state index >= 15 is 0 Å². The third-order valence-corrected chi connectivity index (χ3v) is 3.93. The topological polar surface area (TPSA) is 0 Å². The maximum atomic E-state index is 2.44. The van der Waals surface area contributed by atoms with E-state index in [1.807, 2.05) is 0 Å². The van der Waals surface area contributed by atoms with Gasteiger partial charge in [-0.2, -0.15) is 0 Å². The molecule has 11 heavy (non-hydrogen) atoms. The Labute approximate surface area is 70.4 Å². The van der Waals surface area contributed by atoms with Crippen LogP contribution in [0.4, 0.5) is 0 Å². The highest BCUT2D eigenvalue weighted by molar-refractivity contribution is 4.86. The zero-order valence-corrected chi connectivity index (χ0v) is 7.84. The van der Waals surface area contributed by atoms with Gasteiger partial charge in [-0.25, -0.2) is 0 Å². The Morgan fingerprint density at radius 1 is 0.727 bits per heavy atom. The van der Waals surface area contributed by atoms with Crippen LogP contribution >= 0.6 is 0 Å². The molecule has 64 valence electrons. The number of hydrogen-bond donors (Lipinski definition) is 0. The summed E-state index contributed by atoms with van der Waals surface area (Å²) in [5.74, 6) is 4.30. The summed E-state index contributed by atoms with van der Waals surface area (Å²) in [7, 11) is 0. The van der Waals surface area contributed by atoms with Gasteiger partial charge < -0.3 is 0 Å². The third kappa shape index (κ3) is 1.60. The summed E-state index contributed by atoms with van der Waals surface area (Å²) < 4.78 is 0. The Morgan fingerprint density at radius 2 is 1.36 bits per heavy atom. The van der Waals surface area contributed by atoms with Crippen LogP contribution in [0.1, 0.15) is 46.0 Å². The van der Waals surface area contributed by atoms with Crippen LogP contribution < -0.4 is 0 Å². The molecule has 0 heterocycles. The fourth-order valence-electron chi connectivity index (χ4n) is 2.58. The Hall–Kier alpha value is 0. The molecule has 0 N–H and O–H groups in total. The average molecular weight is 152 g/mol. The Bertz CT molecular complexity index is 135. The molecule has 0 amide bonds. The molecule has 0 aromatic rings. The van der Waals surface area contributed by atoms with Gasteiger partial charge >= 0.3 is 0 Å². The van der Waals surface area contributed by atoms with E-state index in [4.69, 9.17) is 0 Å². The summed E-state index contributed by atoms with van der Waals surface area (Å²) in [6.45, 7) is 4.87. The van der Waals surface area contributed by atoms with Gasteiger partial charge in [-0.3, -0.25) is 0 Å². The van der Waals surface area contributed by atoms with E-state index in [0.29, 0.717) is 0 Å². The zero-order valence-electron chi connectivity index (χ0n) is 7.84. The lowest BCUT2D eigenvalue weighted by molar-refractivity contribution is 0.191. The maximum absolute atomic E-state index is 2.44. The highest BCUT2D eigenvalue weighted by Crippen LogP contribution is 2.46. The molecule has 3 unspecified atom stereocenters. The van der Waals surface area contributed by atoms with Crippen molar-refractivity contribution in [3.8, 4) is 0 Å². The first kappa shape index (κ1) is 7.64. The van der Waals surface area contributed by atoms with E-state index in [2.05, 4.69) is 13.8 Å². The van der Waals surface area contributed by atoms with Crippen LogP contribution in [0.2, 0.25) is 0 Å². The second-order valence-electron chi connectivity index (χ2n) is 4.87. The molecule has 0 spiro atoms. The van der Waals surface area contributed by atoms with Gasteiger partial charge in [0.25, 0.3) is 0 Å². The predicted octanol–water partition coefficient (Wildman–Crippen LogP) is 3.47. The largest absolute Gasteiger partial charge is 0.0623 e. The summed E-state index contributed by atoms with van der Waals surface area (Å²) in [6.07, 6.45) is 7.67. The smallest absolute Gasteiger partial charge is 0.0383 e. The van der Waals surface area contributed by atoms with Crippen LogP contribution in [0.25, 0.3) is 0 Å². The normalized spacial score (nSPS) is 45.8. The Morgan fingerprint density at radius 3 is 1.91 bits per heavy atom. The van der Waals surface area contributed by atoms with Gasteiger partial charge in [-0.15, -0.1) is 0 Å². The third-order valence-electron chi connectivity index (χ3n) is 3.93. The van der Waals surface area contributed by atoms with E-state index in [1.54, 1.807) is 12.8 Å². The summed E-state index contributed by atoms with van der Waals surface area (Å²) in [4.78, 5) is 0. The summed E-state index contributed by atoms with van der Waals surface area (Å²) in [5, 5.41) is 0. The Balaban J connectivity index is 1.86. The highest BCUT2D eigenvalue weighted by atomic mass is 14.4. The Kier molecular flexibility index (Phi) is 1.95. The average Bonchev–Trinajstić information content (AvgIpc) is 2.77. The van der Waals surface area contributed by atoms with Gasteiger partial charge in [0.05, 0.1) is 0 Å². The predicted molar refractivity (Wildman–Crippen MR) is 48.4 cm³/mol. The SMILES string of the molecule is CC1CCC(C2CC2)CC1C. The quantitative estimate of drug-likeness (QED) is 0.539. The molecular formula is C11H20. The van der Waals surface area contributed by atoms with E-state index in [0.717, 1.165) is 23.7 Å². The summed E-state index contributed by atoms with van der Waals surface area (Å²) in [6, 6.07) is 0. The van der Waals surface area contributed by atoms with Crippen molar-refractivity contribution in [3.63, 3.8) is 0 Å². The fourth-order valence-corrected chi connectivity index (χ4v) is 2.58. The second kappa shape index (κ2) is 2.80. The molecule has 2 saturated carbocycles. The van der Waals surface area contributed by atoms with Gasteiger partial charge in [-0.05, 0) is 49.4 Å². The van der Waals surface area contributed by atoms with E-state index in [9.17, 15) is 0 Å². The van der Waals surface area contributed by atoms with Gasteiger partial charge in [0.2, 0.25) is 0 Å². The highest BCUT2D eigenvalue weighted by Gasteiger charge is 2.35. The molecule has 0 aromatic carbocycles. The molecule has 0 nitrogen and oxygen atoms in total. The van der Waals surface area contributed by atoms with Crippen molar-refractivity contribution in [2.75, 3.05) is 0 Å². The molecule has 0 heteroatoms. The van der Waals surface area contributed by atoms with Crippen molar-refractivity contribution < 1.29 is 0 Å². The van der Waals surface area contributed by atoms with Crippen molar-refractivity contribution in [3.05, 3.63) is 0 Å². The molecule has 0 bridgehead atoms. The lowest BCUT2D eigenvalue weighted by Gasteiger charge is -2.32. The zero-order chi connectivity index (χ0) is 7.84. The van der Waals surface area contributed by atoms with Gasteiger partial charge in [-0.1, -0.05) is 20.3 Å². The number of rotatable bonds is 1. The van der Waals surface area contributed by atoms with Crippen LogP contribution in [0.3, 0.4) is 0 Å². The molecule has 2 rings (SSSR count). The molecular weight excluding hydrogens is 132 g/mol. The maximum Gasteiger partial charge on any atom is -0.0383 e. The molecule has 2 aliphatic carbocycles. The molecule has 0 radical (unpaired) electrons. The lowest BCUT2D eigenvalue weighted by atomic mass is 9.74. The van der Waals surface area contributed by atoms with Crippen LogP contribution in [-0.4, -0.2) is 0 Å². The minimum absolute atomic E-state index is 1.00. The minimum Gasteiger partial charge on any atom is -0.0623 e. The van der Waals surface area contributed by atoms with Crippen molar-refractivity contribution >= 4 is 0 Å². The molecule has 0 aromatic heterocycles. The van der Waals surface area contributed by atoms with Gasteiger partial charge in [0, 0.05) is 0 Å². The number of hydrogen-bond acceptors (Lipinski definition) is 0. The molecule has 3 atom stereocenters. The first-order valence-corrected chi connectivity index (χ1v) is 5.27. The second-order valence-corrected chi connectivity index (χ2v) is 4.87. The van der Waals surface area contributed by atoms with Crippen molar-refractivity contribution in [2.24, 2.45) is 23.7 Å². The first-order chi connectivity index (χ1) is 5.27. The van der Waals surface area contributed by atoms with Crippen LogP contribution in [-0.2, 0) is 0 Å². The first-order valence-electron chi connectivity index (χ1n) is 5.27. The minimum atomic E-state index is 1.00. The molecule has 2 fully saturated rings.